The summed E-state index contributed by atoms with van der Waals surface area (Å²) in [6, 6.07) is 8.39. The molecule has 146 valence electrons. The van der Waals surface area contributed by atoms with E-state index in [4.69, 9.17) is 37.1 Å². The minimum atomic E-state index is -0.402. The van der Waals surface area contributed by atoms with Crippen molar-refractivity contribution in [3.8, 4) is 5.75 Å². The van der Waals surface area contributed by atoms with Crippen molar-refractivity contribution in [3.63, 3.8) is 0 Å². The lowest BCUT2D eigenvalue weighted by Gasteiger charge is -2.09. The third kappa shape index (κ3) is 4.01. The number of Topliss-reactive ketones (excluding diaryl/α,β-unsaturated/α-hetero) is 1. The van der Waals surface area contributed by atoms with E-state index >= 15 is 0 Å². The summed E-state index contributed by atoms with van der Waals surface area (Å²) < 4.78 is 15.9. The number of carbonyl (C=O) groups excluding carboxylic acids is 2. The van der Waals surface area contributed by atoms with E-state index in [1.165, 1.54) is 13.4 Å². The highest BCUT2D eigenvalue weighted by Crippen LogP contribution is 2.34. The van der Waals surface area contributed by atoms with Gasteiger partial charge in [-0.25, -0.2) is 0 Å². The largest absolute Gasteiger partial charge is 0.493 e. The van der Waals surface area contributed by atoms with Gasteiger partial charge in [-0.05, 0) is 36.8 Å². The van der Waals surface area contributed by atoms with Crippen LogP contribution in [0.15, 0.2) is 41.0 Å². The molecule has 0 radical (unpaired) electrons. The second kappa shape index (κ2) is 8.67. The normalized spacial score (nSPS) is 10.9. The van der Waals surface area contributed by atoms with Crippen molar-refractivity contribution in [3.05, 3.63) is 63.3 Å². The van der Waals surface area contributed by atoms with E-state index < -0.39 is 5.97 Å². The fourth-order valence-corrected chi connectivity index (χ4v) is 3.57. The number of furan rings is 1. The summed E-state index contributed by atoms with van der Waals surface area (Å²) in [6.07, 6.45) is 1.45. The van der Waals surface area contributed by atoms with Gasteiger partial charge in [0.15, 0.2) is 17.1 Å². The molecule has 1 aromatic heterocycles. The molecule has 0 saturated carbocycles. The topological polar surface area (TPSA) is 65.7 Å². The first-order valence-corrected chi connectivity index (χ1v) is 9.40. The number of ketones is 1. The van der Waals surface area contributed by atoms with Gasteiger partial charge in [0.2, 0.25) is 0 Å². The zero-order valence-corrected chi connectivity index (χ0v) is 16.9. The number of ether oxygens (including phenoxy) is 2. The lowest BCUT2D eigenvalue weighted by atomic mass is 9.97. The molecule has 0 aliphatic carbocycles. The Morgan fingerprint density at radius 1 is 1.07 bits per heavy atom. The molecule has 7 heteroatoms. The van der Waals surface area contributed by atoms with E-state index in [1.807, 2.05) is 0 Å². The van der Waals surface area contributed by atoms with Crippen molar-refractivity contribution in [1.82, 2.24) is 0 Å². The first-order chi connectivity index (χ1) is 13.5. The van der Waals surface area contributed by atoms with Crippen molar-refractivity contribution >= 4 is 45.9 Å². The molecule has 2 aromatic carbocycles. The maximum atomic E-state index is 13.1. The third-order valence-corrected chi connectivity index (χ3v) is 5.03. The van der Waals surface area contributed by atoms with Crippen LogP contribution in [-0.2, 0) is 22.4 Å². The minimum Gasteiger partial charge on any atom is -0.493 e. The van der Waals surface area contributed by atoms with Crippen molar-refractivity contribution < 1.29 is 23.5 Å². The summed E-state index contributed by atoms with van der Waals surface area (Å²) in [5.41, 5.74) is 1.91. The van der Waals surface area contributed by atoms with Crippen LogP contribution in [0.5, 0.6) is 5.75 Å². The Morgan fingerprint density at radius 2 is 1.79 bits per heavy atom. The number of methoxy groups -OCH3 is 1. The van der Waals surface area contributed by atoms with Crippen LogP contribution in [0.25, 0.3) is 11.0 Å². The maximum absolute atomic E-state index is 13.1. The standard InChI is InChI=1S/C21H18Cl2O5/c1-3-27-19(25)9-12-11-28-21-18(26-2)8-7-13(20(12)21)17(24)10-14-15(22)5-4-6-16(14)23/h4-8,11H,3,9-10H2,1-2H3. The predicted octanol–water partition coefficient (Wildman–Crippen LogP) is 5.28. The molecule has 5 nitrogen and oxygen atoms in total. The molecule has 0 amide bonds. The van der Waals surface area contributed by atoms with Crippen LogP contribution in [0.2, 0.25) is 10.0 Å². The van der Waals surface area contributed by atoms with E-state index in [-0.39, 0.29) is 25.2 Å². The summed E-state index contributed by atoms with van der Waals surface area (Å²) in [6.45, 7) is 2.01. The maximum Gasteiger partial charge on any atom is 0.310 e. The van der Waals surface area contributed by atoms with Crippen molar-refractivity contribution in [2.75, 3.05) is 13.7 Å². The Bertz CT molecular complexity index is 1020. The minimum absolute atomic E-state index is 0.0128. The van der Waals surface area contributed by atoms with Crippen LogP contribution in [0.1, 0.15) is 28.4 Å². The number of esters is 1. The highest BCUT2D eigenvalue weighted by Gasteiger charge is 2.22. The van der Waals surface area contributed by atoms with E-state index in [0.717, 1.165) is 0 Å². The van der Waals surface area contributed by atoms with Gasteiger partial charge in [-0.15, -0.1) is 0 Å². The quantitative estimate of drug-likeness (QED) is 0.384. The molecule has 0 bridgehead atoms. The van der Waals surface area contributed by atoms with Gasteiger partial charge in [0.25, 0.3) is 0 Å². The number of fused-ring (bicyclic) bond motifs is 1. The number of carbonyl (C=O) groups is 2. The third-order valence-electron chi connectivity index (χ3n) is 4.32. The number of halogens is 2. The summed E-state index contributed by atoms with van der Waals surface area (Å²) >= 11 is 12.4. The molecule has 0 spiro atoms. The monoisotopic (exact) mass is 420 g/mol. The molecular weight excluding hydrogens is 403 g/mol. The Kier molecular flexibility index (Phi) is 6.27. The average molecular weight is 421 g/mol. The summed E-state index contributed by atoms with van der Waals surface area (Å²) in [5, 5.41) is 1.37. The molecule has 28 heavy (non-hydrogen) atoms. The van der Waals surface area contributed by atoms with Crippen LogP contribution in [0, 0.1) is 0 Å². The fraction of sp³-hybridized carbons (Fsp3) is 0.238. The number of hydrogen-bond donors (Lipinski definition) is 0. The molecule has 1 heterocycles. The van der Waals surface area contributed by atoms with Gasteiger partial charge in [0.05, 0.1) is 26.4 Å². The van der Waals surface area contributed by atoms with Crippen LogP contribution < -0.4 is 4.74 Å². The lowest BCUT2D eigenvalue weighted by Crippen LogP contribution is -2.09. The van der Waals surface area contributed by atoms with Gasteiger partial charge < -0.3 is 13.9 Å². The molecule has 0 aliphatic heterocycles. The van der Waals surface area contributed by atoms with Crippen molar-refractivity contribution in [2.45, 2.75) is 19.8 Å². The van der Waals surface area contributed by atoms with Crippen LogP contribution in [-0.4, -0.2) is 25.5 Å². The van der Waals surface area contributed by atoms with E-state index in [2.05, 4.69) is 0 Å². The molecule has 0 aliphatic rings. The molecule has 0 N–H and O–H groups in total. The SMILES string of the molecule is CCOC(=O)Cc1coc2c(OC)ccc(C(=O)Cc3c(Cl)cccc3Cl)c12. The van der Waals surface area contributed by atoms with Crippen molar-refractivity contribution in [1.29, 1.82) is 0 Å². The lowest BCUT2D eigenvalue weighted by molar-refractivity contribution is -0.142. The molecule has 0 saturated heterocycles. The summed E-state index contributed by atoms with van der Waals surface area (Å²) in [5.74, 6) is -0.132. The Labute approximate surface area is 172 Å². The summed E-state index contributed by atoms with van der Waals surface area (Å²) in [7, 11) is 1.51. The highest BCUT2D eigenvalue weighted by molar-refractivity contribution is 6.36. The van der Waals surface area contributed by atoms with E-state index in [9.17, 15) is 9.59 Å². The van der Waals surface area contributed by atoms with Gasteiger partial charge >= 0.3 is 5.97 Å². The molecular formula is C21H18Cl2O5. The highest BCUT2D eigenvalue weighted by atomic mass is 35.5. The second-order valence-electron chi connectivity index (χ2n) is 6.06. The van der Waals surface area contributed by atoms with Crippen LogP contribution in [0.3, 0.4) is 0 Å². The van der Waals surface area contributed by atoms with Gasteiger partial charge in [0, 0.05) is 33.0 Å². The van der Waals surface area contributed by atoms with Gasteiger partial charge in [0.1, 0.15) is 0 Å². The number of rotatable bonds is 7. The number of hydrogen-bond acceptors (Lipinski definition) is 5. The smallest absolute Gasteiger partial charge is 0.310 e. The molecule has 3 aromatic rings. The van der Waals surface area contributed by atoms with Crippen LogP contribution >= 0.6 is 23.2 Å². The van der Waals surface area contributed by atoms with Gasteiger partial charge in [-0.3, -0.25) is 9.59 Å². The zero-order chi connectivity index (χ0) is 20.3. The Balaban J connectivity index is 2.05. The summed E-state index contributed by atoms with van der Waals surface area (Å²) in [4.78, 5) is 25.0. The number of benzene rings is 2. The van der Waals surface area contributed by atoms with E-state index in [1.54, 1.807) is 37.3 Å². The van der Waals surface area contributed by atoms with Gasteiger partial charge in [-0.2, -0.15) is 0 Å². The first kappa shape index (κ1) is 20.2. The average Bonchev–Trinajstić information content (AvgIpc) is 3.08. The Hall–Kier alpha value is -2.50. The fourth-order valence-electron chi connectivity index (χ4n) is 3.04. The molecule has 0 fully saturated rings. The first-order valence-electron chi connectivity index (χ1n) is 8.65. The van der Waals surface area contributed by atoms with Crippen molar-refractivity contribution in [2.24, 2.45) is 0 Å². The van der Waals surface area contributed by atoms with E-state index in [0.29, 0.717) is 43.5 Å². The molecule has 0 unspecified atom stereocenters. The second-order valence-corrected chi connectivity index (χ2v) is 6.88. The van der Waals surface area contributed by atoms with Crippen LogP contribution in [0.4, 0.5) is 0 Å². The Morgan fingerprint density at radius 3 is 2.43 bits per heavy atom. The molecule has 0 atom stereocenters. The molecule has 3 rings (SSSR count). The van der Waals surface area contributed by atoms with Gasteiger partial charge in [-0.1, -0.05) is 29.3 Å². The predicted molar refractivity (Wildman–Crippen MR) is 108 cm³/mol. The zero-order valence-electron chi connectivity index (χ0n) is 15.4.